The predicted octanol–water partition coefficient (Wildman–Crippen LogP) is 3.54. The highest BCUT2D eigenvalue weighted by Gasteiger charge is 2.49. The molecule has 2 saturated heterocycles. The third-order valence-electron chi connectivity index (χ3n) is 7.28. The zero-order valence-corrected chi connectivity index (χ0v) is 19.6. The molecule has 0 spiro atoms. The van der Waals surface area contributed by atoms with Crippen molar-refractivity contribution in [3.05, 3.63) is 30.5 Å². The molecule has 172 valence electrons. The van der Waals surface area contributed by atoms with Crippen LogP contribution in [0, 0.1) is 11.3 Å². The average molecular weight is 469 g/mol. The molecule has 0 bridgehead atoms. The smallest absolute Gasteiger partial charge is 0.232 e. The van der Waals surface area contributed by atoms with Gasteiger partial charge in [0.05, 0.1) is 18.6 Å². The minimum Gasteiger partial charge on any atom is -0.379 e. The fraction of sp³-hybridized carbons (Fsp3) is 0.609. The first-order valence-corrected chi connectivity index (χ1v) is 11.2. The van der Waals surface area contributed by atoms with Gasteiger partial charge < -0.3 is 19.9 Å². The average Bonchev–Trinajstić information content (AvgIpc) is 3.37. The second kappa shape index (κ2) is 10.5. The van der Waals surface area contributed by atoms with E-state index in [4.69, 9.17) is 4.74 Å². The van der Waals surface area contributed by atoms with Gasteiger partial charge in [-0.2, -0.15) is 0 Å². The number of morpholine rings is 1. The summed E-state index contributed by atoms with van der Waals surface area (Å²) >= 11 is 0. The summed E-state index contributed by atoms with van der Waals surface area (Å²) in [5.74, 6) is 0.694. The van der Waals surface area contributed by atoms with E-state index in [9.17, 15) is 4.79 Å². The number of fused-ring (bicyclic) bond motifs is 2. The van der Waals surface area contributed by atoms with E-state index in [0.29, 0.717) is 5.92 Å². The van der Waals surface area contributed by atoms with Gasteiger partial charge in [0.25, 0.3) is 0 Å². The Labute approximate surface area is 196 Å². The van der Waals surface area contributed by atoms with Crippen molar-refractivity contribution in [2.45, 2.75) is 32.2 Å². The molecule has 2 atom stereocenters. The maximum atomic E-state index is 13.2. The van der Waals surface area contributed by atoms with Crippen LogP contribution in [0.25, 0.3) is 10.9 Å². The Morgan fingerprint density at radius 2 is 2.00 bits per heavy atom. The van der Waals surface area contributed by atoms with E-state index >= 15 is 0 Å². The Morgan fingerprint density at radius 3 is 2.84 bits per heavy atom. The van der Waals surface area contributed by atoms with Crippen LogP contribution < -0.4 is 10.6 Å². The summed E-state index contributed by atoms with van der Waals surface area (Å²) in [6, 6.07) is 8.48. The van der Waals surface area contributed by atoms with Gasteiger partial charge in [0, 0.05) is 55.5 Å². The second-order valence-electron chi connectivity index (χ2n) is 8.92. The van der Waals surface area contributed by atoms with E-state index in [-0.39, 0.29) is 36.1 Å². The topological polar surface area (TPSA) is 58.5 Å². The van der Waals surface area contributed by atoms with Crippen molar-refractivity contribution in [2.24, 2.45) is 11.3 Å². The number of halogens is 2. The summed E-state index contributed by atoms with van der Waals surface area (Å²) in [6.45, 7) is 7.55. The zero-order chi connectivity index (χ0) is 19.7. The van der Waals surface area contributed by atoms with Gasteiger partial charge in [-0.25, -0.2) is 0 Å². The van der Waals surface area contributed by atoms with Gasteiger partial charge in [0.15, 0.2) is 0 Å². The number of benzene rings is 1. The van der Waals surface area contributed by atoms with E-state index in [1.54, 1.807) is 0 Å². The Kier molecular flexibility index (Phi) is 8.27. The lowest BCUT2D eigenvalue weighted by atomic mass is 9.67. The number of nitrogens with zero attached hydrogens (tertiary/aromatic N) is 2. The highest BCUT2D eigenvalue weighted by atomic mass is 35.5. The van der Waals surface area contributed by atoms with Gasteiger partial charge in [0.2, 0.25) is 5.91 Å². The zero-order valence-electron chi connectivity index (χ0n) is 18.0. The molecule has 1 saturated carbocycles. The van der Waals surface area contributed by atoms with E-state index in [1.165, 1.54) is 23.7 Å². The fourth-order valence-electron chi connectivity index (χ4n) is 5.49. The summed E-state index contributed by atoms with van der Waals surface area (Å²) in [6.07, 6.45) is 6.76. The predicted molar refractivity (Wildman–Crippen MR) is 130 cm³/mol. The number of amides is 1. The molecule has 6 nitrogen and oxygen atoms in total. The Bertz CT molecular complexity index is 884. The number of ether oxygens (including phenoxy) is 1. The first-order valence-electron chi connectivity index (χ1n) is 11.2. The van der Waals surface area contributed by atoms with Crippen LogP contribution in [-0.4, -0.2) is 61.3 Å². The number of hydrogen-bond donors (Lipinski definition) is 2. The molecular weight excluding hydrogens is 435 g/mol. The van der Waals surface area contributed by atoms with Crippen LogP contribution >= 0.6 is 24.8 Å². The van der Waals surface area contributed by atoms with E-state index in [2.05, 4.69) is 50.6 Å². The molecule has 0 radical (unpaired) electrons. The van der Waals surface area contributed by atoms with Crippen LogP contribution in [0.2, 0.25) is 0 Å². The number of carbonyl (C=O) groups excluding carboxylic acids is 1. The van der Waals surface area contributed by atoms with Crippen LogP contribution in [0.15, 0.2) is 30.5 Å². The minimum atomic E-state index is -0.211. The third kappa shape index (κ3) is 4.88. The SMILES string of the molecule is Cl.Cl.O=C(Nc1ccc2c(ccn2CCN2CCOCC2)c1)[C@@]12CCCC[C@H]1CNC2. The third-order valence-corrected chi connectivity index (χ3v) is 7.28. The largest absolute Gasteiger partial charge is 0.379 e. The summed E-state index contributed by atoms with van der Waals surface area (Å²) in [5.41, 5.74) is 1.93. The normalized spacial score (nSPS) is 26.0. The quantitative estimate of drug-likeness (QED) is 0.704. The number of aromatic nitrogens is 1. The van der Waals surface area contributed by atoms with Crippen molar-refractivity contribution >= 4 is 47.3 Å². The van der Waals surface area contributed by atoms with Gasteiger partial charge in [-0.15, -0.1) is 24.8 Å². The van der Waals surface area contributed by atoms with Gasteiger partial charge in [-0.05, 0) is 49.6 Å². The highest BCUT2D eigenvalue weighted by Crippen LogP contribution is 2.44. The molecule has 1 aliphatic carbocycles. The van der Waals surface area contributed by atoms with E-state index in [0.717, 1.165) is 71.0 Å². The monoisotopic (exact) mass is 468 g/mol. The van der Waals surface area contributed by atoms with E-state index in [1.807, 2.05) is 0 Å². The molecule has 1 aromatic carbocycles. The van der Waals surface area contributed by atoms with Gasteiger partial charge >= 0.3 is 0 Å². The maximum Gasteiger partial charge on any atom is 0.232 e. The van der Waals surface area contributed by atoms with Gasteiger partial charge in [-0.3, -0.25) is 9.69 Å². The van der Waals surface area contributed by atoms with Crippen molar-refractivity contribution in [1.29, 1.82) is 0 Å². The molecule has 3 aliphatic rings. The molecular formula is C23H34Cl2N4O2. The summed E-state index contributed by atoms with van der Waals surface area (Å²) in [7, 11) is 0. The van der Waals surface area contributed by atoms with Crippen LogP contribution in [0.3, 0.4) is 0 Å². The first-order chi connectivity index (χ1) is 14.2. The van der Waals surface area contributed by atoms with Gasteiger partial charge in [0.1, 0.15) is 0 Å². The number of anilines is 1. The van der Waals surface area contributed by atoms with Crippen molar-refractivity contribution in [2.75, 3.05) is 51.3 Å². The molecule has 8 heteroatoms. The van der Waals surface area contributed by atoms with Crippen LogP contribution in [0.5, 0.6) is 0 Å². The number of hydrogen-bond acceptors (Lipinski definition) is 4. The molecule has 2 N–H and O–H groups in total. The minimum absolute atomic E-state index is 0. The van der Waals surface area contributed by atoms with Crippen molar-refractivity contribution in [1.82, 2.24) is 14.8 Å². The fourth-order valence-corrected chi connectivity index (χ4v) is 5.49. The van der Waals surface area contributed by atoms with Gasteiger partial charge in [-0.1, -0.05) is 12.8 Å². The van der Waals surface area contributed by atoms with Crippen LogP contribution in [-0.2, 0) is 16.1 Å². The molecule has 3 heterocycles. The van der Waals surface area contributed by atoms with E-state index < -0.39 is 0 Å². The first kappa shape index (κ1) is 24.3. The molecule has 1 aromatic heterocycles. The number of rotatable bonds is 5. The Morgan fingerprint density at radius 1 is 1.16 bits per heavy atom. The standard InChI is InChI=1S/C23H32N4O2.2ClH/c28-22(23-7-2-1-3-19(23)16-24-17-23)25-20-4-5-21-18(15-20)6-8-27(21)10-9-26-11-13-29-14-12-26;;/h4-6,8,15,19,24H,1-3,7,9-14,16-17H2,(H,25,28);2*1H/t19-,23+;;/m0../s1. The lowest BCUT2D eigenvalue weighted by Crippen LogP contribution is -2.44. The number of nitrogens with one attached hydrogen (secondary N) is 2. The highest BCUT2D eigenvalue weighted by molar-refractivity contribution is 5.98. The lowest BCUT2D eigenvalue weighted by molar-refractivity contribution is -0.128. The van der Waals surface area contributed by atoms with Crippen molar-refractivity contribution in [3.8, 4) is 0 Å². The summed E-state index contributed by atoms with van der Waals surface area (Å²) in [4.78, 5) is 15.7. The van der Waals surface area contributed by atoms with Crippen molar-refractivity contribution in [3.63, 3.8) is 0 Å². The summed E-state index contributed by atoms with van der Waals surface area (Å²) < 4.78 is 7.75. The summed E-state index contributed by atoms with van der Waals surface area (Å²) in [5, 5.41) is 7.91. The Hall–Kier alpha value is -1.31. The molecule has 0 unspecified atom stereocenters. The molecule has 1 amide bonds. The molecule has 31 heavy (non-hydrogen) atoms. The molecule has 2 aromatic rings. The number of carbonyl (C=O) groups is 1. The molecule has 5 rings (SSSR count). The second-order valence-corrected chi connectivity index (χ2v) is 8.92. The maximum absolute atomic E-state index is 13.2. The lowest BCUT2D eigenvalue weighted by Gasteiger charge is -2.37. The Balaban J connectivity index is 0.00000136. The van der Waals surface area contributed by atoms with Crippen LogP contribution in [0.1, 0.15) is 25.7 Å². The molecule has 3 fully saturated rings. The van der Waals surface area contributed by atoms with Crippen LogP contribution in [0.4, 0.5) is 5.69 Å². The van der Waals surface area contributed by atoms with Crippen molar-refractivity contribution < 1.29 is 9.53 Å². The molecule has 2 aliphatic heterocycles.